The number of phenols is 1. The molecule has 57 heavy (non-hydrogen) atoms. The summed E-state index contributed by atoms with van der Waals surface area (Å²) in [6.07, 6.45) is 3.08. The van der Waals surface area contributed by atoms with Crippen molar-refractivity contribution in [3.05, 3.63) is 138 Å². The molecular formula is C44H48N8O5. The highest BCUT2D eigenvalue weighted by atomic mass is 16.3. The average Bonchev–Trinajstić information content (AvgIpc) is 3.55. The van der Waals surface area contributed by atoms with Crippen LogP contribution in [0, 0.1) is 0 Å². The molecule has 7 rings (SSSR count). The van der Waals surface area contributed by atoms with Crippen LogP contribution in [0.25, 0.3) is 22.0 Å². The maximum absolute atomic E-state index is 14.7. The van der Waals surface area contributed by atoms with Gasteiger partial charge in [0, 0.05) is 61.9 Å². The van der Waals surface area contributed by atoms with Gasteiger partial charge in [-0.25, -0.2) is 20.2 Å². The van der Waals surface area contributed by atoms with Crippen molar-refractivity contribution in [2.75, 3.05) is 19.6 Å². The Morgan fingerprint density at radius 3 is 2.37 bits per heavy atom. The van der Waals surface area contributed by atoms with Crippen molar-refractivity contribution in [2.45, 2.75) is 51.6 Å². The summed E-state index contributed by atoms with van der Waals surface area (Å²) in [5, 5.41) is 17.3. The lowest BCUT2D eigenvalue weighted by molar-refractivity contribution is -0.189. The van der Waals surface area contributed by atoms with Crippen molar-refractivity contribution in [1.82, 2.24) is 40.6 Å². The first kappa shape index (κ1) is 38.8. The van der Waals surface area contributed by atoms with E-state index in [0.717, 1.165) is 38.7 Å². The molecule has 2 saturated heterocycles. The number of nitrogens with zero attached hydrogens (tertiary/aromatic N) is 5. The van der Waals surface area contributed by atoms with Crippen molar-refractivity contribution in [1.29, 1.82) is 0 Å². The fourth-order valence-electron chi connectivity index (χ4n) is 7.75. The number of aromatic hydroxyl groups is 1. The van der Waals surface area contributed by atoms with Gasteiger partial charge in [0.2, 0.25) is 11.8 Å². The number of urea groups is 1. The van der Waals surface area contributed by atoms with E-state index in [-0.39, 0.29) is 68.7 Å². The lowest BCUT2D eigenvalue weighted by Crippen LogP contribution is -2.76. The molecule has 0 unspecified atom stereocenters. The molecule has 2 aliphatic rings. The lowest BCUT2D eigenvalue weighted by Gasteiger charge is -2.55. The van der Waals surface area contributed by atoms with Gasteiger partial charge in [-0.05, 0) is 60.4 Å². The summed E-state index contributed by atoms with van der Waals surface area (Å²) in [6, 6.07) is 28.4. The summed E-state index contributed by atoms with van der Waals surface area (Å²) in [5.74, 6) is -0.621. The Hall–Kier alpha value is -6.44. The number of fused-ring (bicyclic) bond motifs is 2. The second kappa shape index (κ2) is 16.7. The van der Waals surface area contributed by atoms with E-state index in [0.29, 0.717) is 5.56 Å². The highest BCUT2D eigenvalue weighted by Gasteiger charge is 2.51. The molecule has 13 nitrogen and oxygen atoms in total. The number of hydrazine groups is 2. The minimum atomic E-state index is -0.911. The molecule has 0 radical (unpaired) electrons. The first-order valence-electron chi connectivity index (χ1n) is 19.1. The van der Waals surface area contributed by atoms with Gasteiger partial charge >= 0.3 is 6.03 Å². The van der Waals surface area contributed by atoms with Crippen molar-refractivity contribution >= 4 is 34.7 Å². The Morgan fingerprint density at radius 2 is 1.67 bits per heavy atom. The third-order valence-corrected chi connectivity index (χ3v) is 10.4. The van der Waals surface area contributed by atoms with Gasteiger partial charge in [0.05, 0.1) is 18.6 Å². The number of piperazine rings is 1. The molecule has 0 aliphatic carbocycles. The van der Waals surface area contributed by atoms with Crippen LogP contribution in [0.2, 0.25) is 0 Å². The van der Waals surface area contributed by atoms with Gasteiger partial charge in [-0.1, -0.05) is 78.9 Å². The zero-order chi connectivity index (χ0) is 40.2. The second-order valence-electron chi connectivity index (χ2n) is 14.8. The smallest absolute Gasteiger partial charge is 0.334 e. The number of aryl methyl sites for hydroxylation is 1. The highest BCUT2D eigenvalue weighted by Crippen LogP contribution is 2.35. The van der Waals surface area contributed by atoms with E-state index in [1.165, 1.54) is 0 Å². The molecule has 5 aromatic rings. The molecule has 2 atom stereocenters. The number of hydrogen-bond donors (Lipinski definition) is 4. The second-order valence-corrected chi connectivity index (χ2v) is 14.8. The van der Waals surface area contributed by atoms with E-state index < -0.39 is 18.2 Å². The molecule has 2 aliphatic heterocycles. The van der Waals surface area contributed by atoms with Gasteiger partial charge < -0.3 is 24.8 Å². The van der Waals surface area contributed by atoms with Gasteiger partial charge in [-0.15, -0.1) is 6.58 Å². The van der Waals surface area contributed by atoms with Crippen LogP contribution in [0.15, 0.2) is 116 Å². The standard InChI is InChI=1S/C44H48N8O5/c1-5-22-50-28-40(54)51-38(23-30-14-20-35(53)21-15-30)43(56)49(27-39(51)52(50)44(57)45-24-31-10-7-6-8-11-31)25-34-12-9-13-36-37(26-48(4)41(34)36)32-16-18-33(19-17-32)42(55)47-46-29(2)3/h5-21,26,29,38-39,46,53H,1,22-25,27-28H2,2-4H3,(H,45,57)(H,47,55)/t38-,39-/m0/s1. The van der Waals surface area contributed by atoms with Crippen LogP contribution < -0.4 is 16.2 Å². The molecule has 0 spiro atoms. The summed E-state index contributed by atoms with van der Waals surface area (Å²) in [4.78, 5) is 58.9. The Kier molecular flexibility index (Phi) is 11.4. The summed E-state index contributed by atoms with van der Waals surface area (Å²) < 4.78 is 2.04. The number of benzene rings is 4. The third kappa shape index (κ3) is 8.25. The van der Waals surface area contributed by atoms with Crippen molar-refractivity contribution in [2.24, 2.45) is 7.05 Å². The zero-order valence-corrected chi connectivity index (χ0v) is 32.4. The Balaban J connectivity index is 1.22. The number of aromatic nitrogens is 1. The fraction of sp³-hybridized carbons (Fsp3) is 0.273. The average molecular weight is 769 g/mol. The van der Waals surface area contributed by atoms with Crippen molar-refractivity contribution in [3.63, 3.8) is 0 Å². The van der Waals surface area contributed by atoms with Crippen LogP contribution in [-0.4, -0.2) is 91.1 Å². The van der Waals surface area contributed by atoms with E-state index in [1.807, 2.05) is 92.3 Å². The number of hydrogen-bond acceptors (Lipinski definition) is 7. The van der Waals surface area contributed by atoms with E-state index in [4.69, 9.17) is 0 Å². The van der Waals surface area contributed by atoms with Crippen LogP contribution in [-0.2, 0) is 36.1 Å². The number of nitrogens with one attached hydrogen (secondary N) is 3. The minimum Gasteiger partial charge on any atom is -0.508 e. The molecule has 0 bridgehead atoms. The Morgan fingerprint density at radius 1 is 0.930 bits per heavy atom. The van der Waals surface area contributed by atoms with Crippen LogP contribution in [0.3, 0.4) is 0 Å². The van der Waals surface area contributed by atoms with Gasteiger partial charge in [0.25, 0.3) is 5.91 Å². The first-order chi connectivity index (χ1) is 27.5. The van der Waals surface area contributed by atoms with Gasteiger partial charge in [-0.3, -0.25) is 19.8 Å². The first-order valence-corrected chi connectivity index (χ1v) is 19.1. The summed E-state index contributed by atoms with van der Waals surface area (Å²) in [7, 11) is 1.97. The summed E-state index contributed by atoms with van der Waals surface area (Å²) in [5.41, 5.74) is 11.6. The molecule has 4 aromatic carbocycles. The van der Waals surface area contributed by atoms with Crippen LogP contribution in [0.5, 0.6) is 5.75 Å². The highest BCUT2D eigenvalue weighted by molar-refractivity contribution is 5.99. The van der Waals surface area contributed by atoms with Crippen LogP contribution in [0.1, 0.15) is 40.9 Å². The number of amides is 5. The number of carbonyl (C=O) groups is 4. The molecule has 0 saturated carbocycles. The summed E-state index contributed by atoms with van der Waals surface area (Å²) in [6.45, 7) is 8.50. The van der Waals surface area contributed by atoms with Gasteiger partial charge in [-0.2, -0.15) is 0 Å². The minimum absolute atomic E-state index is 0.0753. The maximum Gasteiger partial charge on any atom is 0.334 e. The van der Waals surface area contributed by atoms with E-state index in [2.05, 4.69) is 22.7 Å². The Bertz CT molecular complexity index is 2270. The van der Waals surface area contributed by atoms with E-state index in [9.17, 15) is 24.3 Å². The number of carbonyl (C=O) groups excluding carboxylic acids is 4. The van der Waals surface area contributed by atoms with Gasteiger partial charge in [0.1, 0.15) is 18.0 Å². The topological polar surface area (TPSA) is 142 Å². The maximum atomic E-state index is 14.7. The molecule has 294 valence electrons. The SMILES string of the molecule is C=CCN1CC(=O)N2[C@@H](Cc3ccc(O)cc3)C(=O)N(Cc3cccc4c(-c5ccc(C(=O)NNC(C)C)cc5)cn(C)c34)C[C@@H]2N1C(=O)NCc1ccccc1. The quantitative estimate of drug-likeness (QED) is 0.104. The number of rotatable bonds is 12. The molecule has 1 aromatic heterocycles. The zero-order valence-electron chi connectivity index (χ0n) is 32.4. The van der Waals surface area contributed by atoms with Crippen molar-refractivity contribution in [3.8, 4) is 16.9 Å². The third-order valence-electron chi connectivity index (χ3n) is 10.4. The molecule has 4 N–H and O–H groups in total. The fourth-order valence-corrected chi connectivity index (χ4v) is 7.75. The molecule has 3 heterocycles. The van der Waals surface area contributed by atoms with Crippen molar-refractivity contribution < 1.29 is 24.3 Å². The molecular weight excluding hydrogens is 721 g/mol. The summed E-state index contributed by atoms with van der Waals surface area (Å²) >= 11 is 0. The molecule has 2 fully saturated rings. The van der Waals surface area contributed by atoms with Crippen LogP contribution >= 0.6 is 0 Å². The van der Waals surface area contributed by atoms with E-state index in [1.54, 1.807) is 62.3 Å². The van der Waals surface area contributed by atoms with Gasteiger partial charge in [0.15, 0.2) is 0 Å². The lowest BCUT2D eigenvalue weighted by atomic mass is 9.97. The molecule has 13 heteroatoms. The number of phenolic OH excluding ortho intramolecular Hbond substituents is 1. The largest absolute Gasteiger partial charge is 0.508 e. The normalized spacial score (nSPS) is 17.2. The number of para-hydroxylation sites is 1. The predicted octanol–water partition coefficient (Wildman–Crippen LogP) is 4.93. The Labute approximate surface area is 332 Å². The molecule has 5 amide bonds. The monoisotopic (exact) mass is 768 g/mol. The van der Waals surface area contributed by atoms with E-state index >= 15 is 0 Å². The predicted molar refractivity (Wildman–Crippen MR) is 218 cm³/mol. The van der Waals surface area contributed by atoms with Crippen LogP contribution in [0.4, 0.5) is 4.79 Å².